The molecule has 0 N–H and O–H groups in total. The van der Waals surface area contributed by atoms with Gasteiger partial charge in [0.05, 0.1) is 19.8 Å². The number of nitrogens with zero attached hydrogens (tertiary/aromatic N) is 4. The van der Waals surface area contributed by atoms with Gasteiger partial charge in [0.1, 0.15) is 0 Å². The number of hydrogen-bond donors (Lipinski definition) is 0. The van der Waals surface area contributed by atoms with E-state index < -0.39 is 11.8 Å². The number of hydrogen-bond acceptors (Lipinski definition) is 9. The molecule has 10 heteroatoms. The molecule has 27 heavy (non-hydrogen) atoms. The molecule has 0 amide bonds. The van der Waals surface area contributed by atoms with Gasteiger partial charge in [-0.15, -0.1) is 21.5 Å². The van der Waals surface area contributed by atoms with Crippen LogP contribution in [0.4, 0.5) is 10.9 Å². The van der Waals surface area contributed by atoms with Crippen molar-refractivity contribution in [3.63, 3.8) is 0 Å². The van der Waals surface area contributed by atoms with Crippen molar-refractivity contribution in [2.24, 2.45) is 0 Å². The molecule has 0 bridgehead atoms. The van der Waals surface area contributed by atoms with Gasteiger partial charge in [-0.1, -0.05) is 11.6 Å². The van der Waals surface area contributed by atoms with E-state index in [2.05, 4.69) is 15.2 Å². The van der Waals surface area contributed by atoms with Gasteiger partial charge in [0.25, 0.3) is 0 Å². The van der Waals surface area contributed by atoms with E-state index in [1.807, 2.05) is 31.7 Å². The van der Waals surface area contributed by atoms with Crippen LogP contribution in [-0.2, 0) is 14.2 Å². The van der Waals surface area contributed by atoms with Crippen molar-refractivity contribution in [2.75, 3.05) is 25.2 Å². The van der Waals surface area contributed by atoms with E-state index in [1.54, 1.807) is 5.38 Å². The van der Waals surface area contributed by atoms with E-state index in [0.29, 0.717) is 35.7 Å². The minimum Gasteiger partial charge on any atom is -0.464 e. The van der Waals surface area contributed by atoms with Crippen molar-refractivity contribution in [2.45, 2.75) is 39.1 Å². The Kier molecular flexibility index (Phi) is 5.95. The number of ether oxygens (including phenoxy) is 3. The van der Waals surface area contributed by atoms with E-state index >= 15 is 0 Å². The van der Waals surface area contributed by atoms with Gasteiger partial charge in [0, 0.05) is 11.9 Å². The summed E-state index contributed by atoms with van der Waals surface area (Å²) in [6, 6.07) is 1.84. The summed E-state index contributed by atoms with van der Waals surface area (Å²) in [4.78, 5) is 18.0. The molecule has 1 unspecified atom stereocenters. The van der Waals surface area contributed by atoms with Crippen LogP contribution in [0, 0.1) is 6.92 Å². The third kappa shape index (κ3) is 4.73. The topological polar surface area (TPSA) is 86.7 Å². The minimum atomic E-state index is -0.578. The molecule has 1 aliphatic rings. The van der Waals surface area contributed by atoms with E-state index in [4.69, 9.17) is 25.8 Å². The zero-order valence-electron chi connectivity index (χ0n) is 15.6. The maximum Gasteiger partial charge on any atom is 0.357 e. The van der Waals surface area contributed by atoms with Crippen LogP contribution in [0.25, 0.3) is 0 Å². The normalized spacial score (nSPS) is 18.5. The molecule has 2 aromatic rings. The average molecular weight is 413 g/mol. The number of aromatic nitrogens is 3. The summed E-state index contributed by atoms with van der Waals surface area (Å²) in [5, 5.41) is 10.8. The first-order valence-corrected chi connectivity index (χ1v) is 9.68. The fraction of sp³-hybridized carbons (Fsp3) is 0.529. The molecule has 3 rings (SSSR count). The number of anilines is 2. The van der Waals surface area contributed by atoms with Crippen LogP contribution in [-0.4, -0.2) is 53.3 Å². The van der Waals surface area contributed by atoms with Crippen molar-refractivity contribution in [1.82, 2.24) is 15.2 Å². The third-order valence-corrected chi connectivity index (χ3v) is 5.28. The molecule has 1 saturated heterocycles. The van der Waals surface area contributed by atoms with Crippen LogP contribution in [0.15, 0.2) is 11.4 Å². The molecule has 1 atom stereocenters. The van der Waals surface area contributed by atoms with E-state index in [1.165, 1.54) is 18.4 Å². The Labute approximate surface area is 166 Å². The molecular formula is C17H21ClN4O4S. The third-order valence-electron chi connectivity index (χ3n) is 4.05. The highest BCUT2D eigenvalue weighted by molar-refractivity contribution is 7.14. The fourth-order valence-electron chi connectivity index (χ4n) is 2.66. The summed E-state index contributed by atoms with van der Waals surface area (Å²) in [7, 11) is 1.33. The summed E-state index contributed by atoms with van der Waals surface area (Å²) in [5.74, 6) is -0.461. The van der Waals surface area contributed by atoms with E-state index in [0.717, 1.165) is 5.56 Å². The minimum absolute atomic E-state index is 0.0381. The second-order valence-electron chi connectivity index (χ2n) is 6.57. The summed E-state index contributed by atoms with van der Waals surface area (Å²) in [6.45, 7) is 6.73. The first-order chi connectivity index (χ1) is 12.8. The highest BCUT2D eigenvalue weighted by atomic mass is 35.5. The predicted octanol–water partition coefficient (Wildman–Crippen LogP) is 3.36. The first-order valence-electron chi connectivity index (χ1n) is 8.42. The molecule has 0 spiro atoms. The molecule has 0 radical (unpaired) electrons. The number of carbonyl (C=O) groups is 1. The van der Waals surface area contributed by atoms with Crippen molar-refractivity contribution in [3.05, 3.63) is 27.9 Å². The monoisotopic (exact) mass is 412 g/mol. The van der Waals surface area contributed by atoms with Crippen LogP contribution in [0.1, 0.15) is 36.3 Å². The Morgan fingerprint density at radius 3 is 2.89 bits per heavy atom. The zero-order valence-corrected chi connectivity index (χ0v) is 17.1. The molecule has 1 fully saturated rings. The molecule has 0 saturated carbocycles. The maximum atomic E-state index is 11.7. The average Bonchev–Trinajstić information content (AvgIpc) is 3.24. The lowest BCUT2D eigenvalue weighted by Gasteiger charge is -2.23. The molecule has 8 nitrogen and oxygen atoms in total. The second-order valence-corrected chi connectivity index (χ2v) is 7.77. The quantitative estimate of drug-likeness (QED) is 0.667. The molecule has 0 aliphatic carbocycles. The number of methoxy groups -OCH3 is 1. The van der Waals surface area contributed by atoms with E-state index in [-0.39, 0.29) is 11.8 Å². The van der Waals surface area contributed by atoms with Crippen LogP contribution in [0.5, 0.6) is 0 Å². The highest BCUT2D eigenvalue weighted by Crippen LogP contribution is 2.31. The van der Waals surface area contributed by atoms with Gasteiger partial charge in [0.2, 0.25) is 0 Å². The summed E-state index contributed by atoms with van der Waals surface area (Å²) in [5.41, 5.74) is 1.06. The lowest BCUT2D eigenvalue weighted by Crippen LogP contribution is -2.26. The van der Waals surface area contributed by atoms with Gasteiger partial charge in [-0.2, -0.15) is 0 Å². The Bertz CT molecular complexity index is 829. The molecule has 3 heterocycles. The molecule has 1 aliphatic heterocycles. The SMILES string of the molecule is COC(=O)c1csc(N(CCC2COC(C)(C)O2)c2cc(C)c(Cl)nn2)n1. The van der Waals surface area contributed by atoms with Gasteiger partial charge >= 0.3 is 5.97 Å². The maximum absolute atomic E-state index is 11.7. The molecule has 0 aromatic carbocycles. The largest absolute Gasteiger partial charge is 0.464 e. The first kappa shape index (κ1) is 19.9. The Hall–Kier alpha value is -1.81. The van der Waals surface area contributed by atoms with Crippen molar-refractivity contribution in [3.8, 4) is 0 Å². The highest BCUT2D eigenvalue weighted by Gasteiger charge is 2.33. The number of aryl methyl sites for hydroxylation is 1. The molecular weight excluding hydrogens is 392 g/mol. The van der Waals surface area contributed by atoms with Gasteiger partial charge in [-0.3, -0.25) is 0 Å². The summed E-state index contributed by atoms with van der Waals surface area (Å²) >= 11 is 7.33. The predicted molar refractivity (Wildman–Crippen MR) is 102 cm³/mol. The number of esters is 1. The lowest BCUT2D eigenvalue weighted by molar-refractivity contribution is -0.138. The van der Waals surface area contributed by atoms with Gasteiger partial charge in [-0.05, 0) is 38.8 Å². The van der Waals surface area contributed by atoms with E-state index in [9.17, 15) is 4.79 Å². The Balaban J connectivity index is 1.83. The lowest BCUT2D eigenvalue weighted by atomic mass is 10.2. The van der Waals surface area contributed by atoms with Gasteiger partial charge in [-0.25, -0.2) is 9.78 Å². The standard InChI is InChI=1S/C17H21ClN4O4S/c1-10-7-13(20-21-14(10)18)22(6-5-11-8-25-17(2,3)26-11)16-19-12(9-27-16)15(23)24-4/h7,9,11H,5-6,8H2,1-4H3. The number of carbonyl (C=O) groups excluding carboxylic acids is 1. The Morgan fingerprint density at radius 2 is 2.26 bits per heavy atom. The van der Waals surface area contributed by atoms with Crippen LogP contribution in [0.3, 0.4) is 0 Å². The number of rotatable bonds is 6. The zero-order chi connectivity index (χ0) is 19.6. The molecule has 146 valence electrons. The van der Waals surface area contributed by atoms with Crippen molar-refractivity contribution in [1.29, 1.82) is 0 Å². The number of thiazole rings is 1. The van der Waals surface area contributed by atoms with Crippen LogP contribution >= 0.6 is 22.9 Å². The van der Waals surface area contributed by atoms with Crippen molar-refractivity contribution >= 4 is 39.9 Å². The Morgan fingerprint density at radius 1 is 1.48 bits per heavy atom. The van der Waals surface area contributed by atoms with Crippen molar-refractivity contribution < 1.29 is 19.0 Å². The summed E-state index contributed by atoms with van der Waals surface area (Å²) < 4.78 is 16.2. The molecule has 2 aromatic heterocycles. The van der Waals surface area contributed by atoms with Gasteiger partial charge < -0.3 is 19.1 Å². The van der Waals surface area contributed by atoms with Gasteiger partial charge in [0.15, 0.2) is 27.6 Å². The number of halogens is 1. The fourth-order valence-corrected chi connectivity index (χ4v) is 3.58. The summed E-state index contributed by atoms with van der Waals surface area (Å²) in [6.07, 6.45) is 0.656. The van der Waals surface area contributed by atoms with Crippen LogP contribution < -0.4 is 4.90 Å². The second kappa shape index (κ2) is 8.05. The smallest absolute Gasteiger partial charge is 0.357 e. The van der Waals surface area contributed by atoms with Crippen LogP contribution in [0.2, 0.25) is 5.15 Å².